The highest BCUT2D eigenvalue weighted by Crippen LogP contribution is 2.31. The maximum absolute atomic E-state index is 9.97. The van der Waals surface area contributed by atoms with E-state index in [-0.39, 0.29) is 12.1 Å². The largest absolute Gasteiger partial charge is 0.506 e. The molecule has 0 amide bonds. The molecule has 0 bridgehead atoms. The van der Waals surface area contributed by atoms with Gasteiger partial charge in [-0.2, -0.15) is 0 Å². The maximum atomic E-state index is 9.97. The number of phenols is 1. The highest BCUT2D eigenvalue weighted by Gasteiger charge is 2.14. The van der Waals surface area contributed by atoms with Crippen LogP contribution in [0.2, 0.25) is 0 Å². The second-order valence-corrected chi connectivity index (χ2v) is 4.88. The zero-order valence-electron chi connectivity index (χ0n) is 10.5. The van der Waals surface area contributed by atoms with Crippen LogP contribution in [0.25, 0.3) is 10.9 Å². The highest BCUT2D eigenvalue weighted by molar-refractivity contribution is 5.89. The summed E-state index contributed by atoms with van der Waals surface area (Å²) in [6, 6.07) is 5.82. The Kier molecular flexibility index (Phi) is 3.11. The molecule has 92 valence electrons. The standard InChI is InChI=1S/C14H19NO2/c1-9(2)15-8-11(7-10(3)16)12-5-4-6-13(17)14(12)15/h4-6,8-10,16-17H,7H2,1-3H3. The van der Waals surface area contributed by atoms with Crippen LogP contribution in [-0.2, 0) is 6.42 Å². The van der Waals surface area contributed by atoms with Gasteiger partial charge < -0.3 is 14.8 Å². The Labute approximate surface area is 101 Å². The van der Waals surface area contributed by atoms with E-state index in [1.54, 1.807) is 13.0 Å². The molecule has 1 unspecified atom stereocenters. The number of aliphatic hydroxyl groups is 1. The van der Waals surface area contributed by atoms with Crippen LogP contribution in [-0.4, -0.2) is 20.9 Å². The average molecular weight is 233 g/mol. The summed E-state index contributed by atoms with van der Waals surface area (Å²) in [4.78, 5) is 0. The predicted molar refractivity (Wildman–Crippen MR) is 69.4 cm³/mol. The van der Waals surface area contributed by atoms with E-state index in [1.807, 2.05) is 18.3 Å². The van der Waals surface area contributed by atoms with Gasteiger partial charge in [-0.25, -0.2) is 0 Å². The van der Waals surface area contributed by atoms with Gasteiger partial charge in [0.1, 0.15) is 5.75 Å². The monoisotopic (exact) mass is 233 g/mol. The molecule has 1 aromatic carbocycles. The third-order valence-corrected chi connectivity index (χ3v) is 2.99. The molecule has 0 aliphatic carbocycles. The number of nitrogens with zero attached hydrogens (tertiary/aromatic N) is 1. The van der Waals surface area contributed by atoms with Crippen molar-refractivity contribution in [2.75, 3.05) is 0 Å². The van der Waals surface area contributed by atoms with Crippen LogP contribution < -0.4 is 0 Å². The first-order valence-electron chi connectivity index (χ1n) is 6.00. The fraction of sp³-hybridized carbons (Fsp3) is 0.429. The predicted octanol–water partition coefficient (Wildman–Crippen LogP) is 2.85. The molecule has 2 N–H and O–H groups in total. The van der Waals surface area contributed by atoms with Crippen molar-refractivity contribution in [3.05, 3.63) is 30.0 Å². The lowest BCUT2D eigenvalue weighted by molar-refractivity contribution is 0.196. The van der Waals surface area contributed by atoms with Crippen molar-refractivity contribution in [3.8, 4) is 5.75 Å². The van der Waals surface area contributed by atoms with Gasteiger partial charge in [0.05, 0.1) is 11.6 Å². The van der Waals surface area contributed by atoms with Crippen molar-refractivity contribution in [2.45, 2.75) is 39.3 Å². The minimum atomic E-state index is -0.372. The van der Waals surface area contributed by atoms with E-state index < -0.39 is 0 Å². The fourth-order valence-corrected chi connectivity index (χ4v) is 2.25. The molecule has 1 aromatic heterocycles. The first-order valence-corrected chi connectivity index (χ1v) is 6.00. The number of aromatic hydroxyl groups is 1. The Morgan fingerprint density at radius 1 is 1.24 bits per heavy atom. The Morgan fingerprint density at radius 2 is 1.94 bits per heavy atom. The lowest BCUT2D eigenvalue weighted by Gasteiger charge is -2.09. The number of para-hydroxylation sites is 1. The molecule has 2 aromatic rings. The SMILES string of the molecule is CC(O)Cc1cn(C(C)C)c2c(O)cccc12. The second kappa shape index (κ2) is 4.41. The van der Waals surface area contributed by atoms with Crippen LogP contribution in [0.1, 0.15) is 32.4 Å². The van der Waals surface area contributed by atoms with E-state index in [1.165, 1.54) is 0 Å². The average Bonchev–Trinajstić information content (AvgIpc) is 2.58. The van der Waals surface area contributed by atoms with Gasteiger partial charge in [-0.1, -0.05) is 12.1 Å². The Morgan fingerprint density at radius 3 is 2.53 bits per heavy atom. The number of benzene rings is 1. The van der Waals surface area contributed by atoms with Crippen LogP contribution in [0.5, 0.6) is 5.75 Å². The summed E-state index contributed by atoms with van der Waals surface area (Å²) in [7, 11) is 0. The topological polar surface area (TPSA) is 45.4 Å². The summed E-state index contributed by atoms with van der Waals surface area (Å²) in [6.45, 7) is 5.94. The number of aromatic nitrogens is 1. The van der Waals surface area contributed by atoms with Gasteiger partial charge in [0, 0.05) is 24.0 Å². The molecule has 3 heteroatoms. The van der Waals surface area contributed by atoms with Crippen molar-refractivity contribution in [3.63, 3.8) is 0 Å². The second-order valence-electron chi connectivity index (χ2n) is 4.88. The Balaban J connectivity index is 2.66. The van der Waals surface area contributed by atoms with Gasteiger partial charge in [0.25, 0.3) is 0 Å². The van der Waals surface area contributed by atoms with Gasteiger partial charge in [-0.3, -0.25) is 0 Å². The van der Waals surface area contributed by atoms with E-state index in [9.17, 15) is 10.2 Å². The van der Waals surface area contributed by atoms with Gasteiger partial charge in [0.15, 0.2) is 0 Å². The highest BCUT2D eigenvalue weighted by atomic mass is 16.3. The molecule has 1 atom stereocenters. The smallest absolute Gasteiger partial charge is 0.139 e. The van der Waals surface area contributed by atoms with Crippen molar-refractivity contribution in [1.82, 2.24) is 4.57 Å². The molecule has 1 heterocycles. The van der Waals surface area contributed by atoms with Gasteiger partial charge in [0.2, 0.25) is 0 Å². The number of hydrogen-bond acceptors (Lipinski definition) is 2. The molecule has 0 saturated heterocycles. The van der Waals surface area contributed by atoms with Crippen LogP contribution in [0.3, 0.4) is 0 Å². The van der Waals surface area contributed by atoms with Gasteiger partial charge in [-0.05, 0) is 32.4 Å². The van der Waals surface area contributed by atoms with Crippen molar-refractivity contribution < 1.29 is 10.2 Å². The van der Waals surface area contributed by atoms with Crippen LogP contribution >= 0.6 is 0 Å². The molecule has 0 radical (unpaired) electrons. The molecule has 0 spiro atoms. The lowest BCUT2D eigenvalue weighted by Crippen LogP contribution is -2.03. The summed E-state index contributed by atoms with van der Waals surface area (Å²) in [5.41, 5.74) is 1.94. The molecular formula is C14H19NO2. The van der Waals surface area contributed by atoms with Crippen LogP contribution in [0.4, 0.5) is 0 Å². The number of phenolic OH excluding ortho intramolecular Hbond substituents is 1. The van der Waals surface area contributed by atoms with Crippen molar-refractivity contribution in [1.29, 1.82) is 0 Å². The quantitative estimate of drug-likeness (QED) is 0.856. The van der Waals surface area contributed by atoms with Gasteiger partial charge in [-0.15, -0.1) is 0 Å². The maximum Gasteiger partial charge on any atom is 0.139 e. The number of hydrogen-bond donors (Lipinski definition) is 2. The van der Waals surface area contributed by atoms with Crippen LogP contribution in [0, 0.1) is 0 Å². The normalized spacial score (nSPS) is 13.5. The van der Waals surface area contributed by atoms with Crippen molar-refractivity contribution >= 4 is 10.9 Å². The molecule has 17 heavy (non-hydrogen) atoms. The number of fused-ring (bicyclic) bond motifs is 1. The molecule has 0 saturated carbocycles. The van der Waals surface area contributed by atoms with Gasteiger partial charge >= 0.3 is 0 Å². The van der Waals surface area contributed by atoms with E-state index in [0.717, 1.165) is 16.5 Å². The van der Waals surface area contributed by atoms with Crippen LogP contribution in [0.15, 0.2) is 24.4 Å². The van der Waals surface area contributed by atoms with E-state index in [0.29, 0.717) is 12.2 Å². The Bertz CT molecular complexity index is 526. The third kappa shape index (κ3) is 2.15. The van der Waals surface area contributed by atoms with E-state index in [2.05, 4.69) is 18.4 Å². The first kappa shape index (κ1) is 12.0. The lowest BCUT2D eigenvalue weighted by atomic mass is 10.1. The van der Waals surface area contributed by atoms with Crippen molar-refractivity contribution in [2.24, 2.45) is 0 Å². The summed E-state index contributed by atoms with van der Waals surface area (Å²) >= 11 is 0. The zero-order chi connectivity index (χ0) is 12.6. The summed E-state index contributed by atoms with van der Waals surface area (Å²) < 4.78 is 2.06. The molecule has 0 aliphatic rings. The number of aliphatic hydroxyl groups excluding tert-OH is 1. The fourth-order valence-electron chi connectivity index (χ4n) is 2.25. The van der Waals surface area contributed by atoms with E-state index in [4.69, 9.17) is 0 Å². The molecule has 3 nitrogen and oxygen atoms in total. The third-order valence-electron chi connectivity index (χ3n) is 2.99. The summed E-state index contributed by atoms with van der Waals surface area (Å²) in [5.74, 6) is 0.299. The Hall–Kier alpha value is -1.48. The summed E-state index contributed by atoms with van der Waals surface area (Å²) in [5, 5.41) is 20.5. The molecule has 0 aliphatic heterocycles. The minimum Gasteiger partial charge on any atom is -0.506 e. The first-order chi connectivity index (χ1) is 8.00. The number of rotatable bonds is 3. The van der Waals surface area contributed by atoms with E-state index >= 15 is 0 Å². The minimum absolute atomic E-state index is 0.286. The summed E-state index contributed by atoms with van der Waals surface area (Å²) in [6.07, 6.45) is 2.27. The molecule has 0 fully saturated rings. The molecular weight excluding hydrogens is 214 g/mol. The molecule has 2 rings (SSSR count). The zero-order valence-corrected chi connectivity index (χ0v) is 10.5.